The van der Waals surface area contributed by atoms with E-state index in [0.717, 1.165) is 0 Å². The van der Waals surface area contributed by atoms with Gasteiger partial charge in [0.25, 0.3) is 0 Å². The largest absolute Gasteiger partial charge is 0.331 e. The van der Waals surface area contributed by atoms with Gasteiger partial charge in [0.15, 0.2) is 0 Å². The van der Waals surface area contributed by atoms with Gasteiger partial charge in [-0.1, -0.05) is 122 Å². The van der Waals surface area contributed by atoms with Crippen molar-refractivity contribution in [3.05, 3.63) is 143 Å². The molecule has 4 aromatic rings. The number of aryl methyl sites for hydroxylation is 1. The van der Waals surface area contributed by atoms with E-state index in [1.54, 1.807) is 0 Å². The Balaban J connectivity index is 1.58. The molecule has 0 N–H and O–H groups in total. The Morgan fingerprint density at radius 1 is 0.632 bits per heavy atom. The first-order valence-electron chi connectivity index (χ1n) is 14.3. The smallest absolute Gasteiger partial charge is 0.119 e. The molecule has 2 nitrogen and oxygen atoms in total. The Bertz CT molecular complexity index is 1440. The Hall–Kier alpha value is -3.78. The van der Waals surface area contributed by atoms with Crippen molar-refractivity contribution in [3.8, 4) is 0 Å². The third-order valence-corrected chi connectivity index (χ3v) is 9.24. The van der Waals surface area contributed by atoms with Gasteiger partial charge in [0.05, 0.1) is 5.70 Å². The Labute approximate surface area is 227 Å². The maximum absolute atomic E-state index is 2.85. The lowest BCUT2D eigenvalue weighted by Crippen LogP contribution is -2.54. The van der Waals surface area contributed by atoms with Crippen LogP contribution in [0.2, 0.25) is 0 Å². The molecule has 1 atom stereocenters. The number of hydrogen-bond donors (Lipinski definition) is 0. The predicted molar refractivity (Wildman–Crippen MR) is 158 cm³/mol. The first-order valence-corrected chi connectivity index (χ1v) is 14.3. The van der Waals surface area contributed by atoms with Crippen molar-refractivity contribution in [2.24, 2.45) is 5.92 Å². The van der Waals surface area contributed by atoms with Gasteiger partial charge >= 0.3 is 0 Å². The van der Waals surface area contributed by atoms with Gasteiger partial charge in [0.2, 0.25) is 0 Å². The molecule has 190 valence electrons. The summed E-state index contributed by atoms with van der Waals surface area (Å²) in [4.78, 5) is 5.55. The van der Waals surface area contributed by atoms with Crippen LogP contribution in [0.5, 0.6) is 0 Å². The molecule has 0 radical (unpaired) electrons. The molecule has 1 aliphatic carbocycles. The summed E-state index contributed by atoms with van der Waals surface area (Å²) in [5, 5.41) is 0. The minimum atomic E-state index is -0.394. The molecule has 1 saturated carbocycles. The lowest BCUT2D eigenvalue weighted by atomic mass is 9.75. The van der Waals surface area contributed by atoms with Crippen LogP contribution in [0.15, 0.2) is 115 Å². The SMILES string of the molecule is CC1=C2c3ccccc3C(c3ccccc3)(c3ccccc3)N2C(C2CCCCC2)N1c1ccccc1C. The highest BCUT2D eigenvalue weighted by Gasteiger charge is 2.58. The van der Waals surface area contributed by atoms with Gasteiger partial charge in [-0.2, -0.15) is 0 Å². The third kappa shape index (κ3) is 3.26. The van der Waals surface area contributed by atoms with Crippen LogP contribution in [0.4, 0.5) is 5.69 Å². The van der Waals surface area contributed by atoms with Crippen LogP contribution in [-0.2, 0) is 5.54 Å². The first-order chi connectivity index (χ1) is 18.7. The third-order valence-electron chi connectivity index (χ3n) is 9.24. The van der Waals surface area contributed by atoms with Crippen molar-refractivity contribution in [2.45, 2.75) is 57.7 Å². The molecular formula is C36H36N2. The summed E-state index contributed by atoms with van der Waals surface area (Å²) < 4.78 is 0. The number of rotatable bonds is 4. The fraction of sp³-hybridized carbons (Fsp3) is 0.278. The van der Waals surface area contributed by atoms with Crippen LogP contribution in [0.25, 0.3) is 5.70 Å². The molecule has 1 fully saturated rings. The van der Waals surface area contributed by atoms with Gasteiger partial charge in [0, 0.05) is 16.9 Å². The van der Waals surface area contributed by atoms with E-state index in [-0.39, 0.29) is 6.17 Å². The van der Waals surface area contributed by atoms with Crippen LogP contribution in [-0.4, -0.2) is 11.1 Å². The molecule has 0 saturated heterocycles. The molecule has 2 aliphatic heterocycles. The number of para-hydroxylation sites is 1. The molecule has 2 heterocycles. The number of nitrogens with zero attached hydrogens (tertiary/aromatic N) is 2. The highest BCUT2D eigenvalue weighted by atomic mass is 15.5. The summed E-state index contributed by atoms with van der Waals surface area (Å²) in [6.07, 6.45) is 6.80. The summed E-state index contributed by atoms with van der Waals surface area (Å²) in [7, 11) is 0. The van der Waals surface area contributed by atoms with Crippen molar-refractivity contribution in [1.82, 2.24) is 4.90 Å². The maximum Gasteiger partial charge on any atom is 0.119 e. The minimum absolute atomic E-state index is 0.249. The lowest BCUT2D eigenvalue weighted by molar-refractivity contribution is 0.132. The van der Waals surface area contributed by atoms with E-state index in [1.807, 2.05) is 0 Å². The van der Waals surface area contributed by atoms with Gasteiger partial charge in [0.1, 0.15) is 11.7 Å². The Morgan fingerprint density at radius 3 is 1.87 bits per heavy atom. The molecule has 4 aromatic carbocycles. The van der Waals surface area contributed by atoms with Crippen LogP contribution in [0, 0.1) is 12.8 Å². The van der Waals surface area contributed by atoms with Crippen LogP contribution < -0.4 is 4.90 Å². The Morgan fingerprint density at radius 2 is 1.21 bits per heavy atom. The van der Waals surface area contributed by atoms with Crippen molar-refractivity contribution >= 4 is 11.4 Å². The number of benzene rings is 4. The van der Waals surface area contributed by atoms with E-state index >= 15 is 0 Å². The number of hydrogen-bond acceptors (Lipinski definition) is 2. The highest BCUT2D eigenvalue weighted by molar-refractivity contribution is 5.86. The van der Waals surface area contributed by atoms with Gasteiger partial charge in [-0.3, -0.25) is 0 Å². The molecule has 7 rings (SSSR count). The zero-order valence-corrected chi connectivity index (χ0v) is 22.5. The summed E-state index contributed by atoms with van der Waals surface area (Å²) in [6, 6.07) is 40.7. The topological polar surface area (TPSA) is 6.48 Å². The molecule has 0 spiro atoms. The van der Waals surface area contributed by atoms with E-state index in [1.165, 1.54) is 77.0 Å². The normalized spacial score (nSPS) is 20.5. The molecule has 1 unspecified atom stereocenters. The zero-order chi connectivity index (χ0) is 25.7. The van der Waals surface area contributed by atoms with Gasteiger partial charge in [-0.05, 0) is 60.9 Å². The van der Waals surface area contributed by atoms with Gasteiger partial charge in [-0.15, -0.1) is 0 Å². The number of anilines is 1. The summed E-state index contributed by atoms with van der Waals surface area (Å²) in [6.45, 7) is 4.63. The summed E-state index contributed by atoms with van der Waals surface area (Å²) in [5.74, 6) is 0.594. The number of fused-ring (bicyclic) bond motifs is 3. The van der Waals surface area contributed by atoms with Crippen molar-refractivity contribution < 1.29 is 0 Å². The summed E-state index contributed by atoms with van der Waals surface area (Å²) in [5.41, 5.74) is 10.5. The number of allylic oxidation sites excluding steroid dienone is 1. The van der Waals surface area contributed by atoms with Crippen LogP contribution >= 0.6 is 0 Å². The van der Waals surface area contributed by atoms with Crippen molar-refractivity contribution in [2.75, 3.05) is 4.90 Å². The van der Waals surface area contributed by atoms with E-state index in [4.69, 9.17) is 0 Å². The highest BCUT2D eigenvalue weighted by Crippen LogP contribution is 2.60. The van der Waals surface area contributed by atoms with Crippen molar-refractivity contribution in [3.63, 3.8) is 0 Å². The Kier molecular flexibility index (Phi) is 5.65. The molecule has 0 bridgehead atoms. The second-order valence-corrected chi connectivity index (χ2v) is 11.3. The molecule has 0 amide bonds. The zero-order valence-electron chi connectivity index (χ0n) is 22.5. The summed E-state index contributed by atoms with van der Waals surface area (Å²) >= 11 is 0. The van der Waals surface area contributed by atoms with Gasteiger partial charge < -0.3 is 9.80 Å². The van der Waals surface area contributed by atoms with E-state index < -0.39 is 5.54 Å². The monoisotopic (exact) mass is 496 g/mol. The second-order valence-electron chi connectivity index (χ2n) is 11.3. The fourth-order valence-corrected chi connectivity index (χ4v) is 7.69. The molecular weight excluding hydrogens is 460 g/mol. The fourth-order valence-electron chi connectivity index (χ4n) is 7.69. The molecule has 2 heteroatoms. The molecule has 3 aliphatic rings. The standard InChI is InChI=1S/C36H36N2/c1-26-16-12-15-25-33(26)37-27(2)34-31-23-13-14-24-32(31)36(29-19-8-4-9-20-29,30-21-10-5-11-22-30)38(34)35(37)28-17-6-3-7-18-28/h4-5,8-16,19-25,28,35H,3,6-7,17-18H2,1-2H3. The van der Waals surface area contributed by atoms with Crippen LogP contribution in [0.3, 0.4) is 0 Å². The maximum atomic E-state index is 2.85. The molecule has 0 aromatic heterocycles. The van der Waals surface area contributed by atoms with Gasteiger partial charge in [-0.25, -0.2) is 0 Å². The predicted octanol–water partition coefficient (Wildman–Crippen LogP) is 8.72. The van der Waals surface area contributed by atoms with E-state index in [9.17, 15) is 0 Å². The van der Waals surface area contributed by atoms with E-state index in [2.05, 4.69) is 133 Å². The molecule has 38 heavy (non-hydrogen) atoms. The van der Waals surface area contributed by atoms with E-state index in [0.29, 0.717) is 5.92 Å². The average Bonchev–Trinajstić information content (AvgIpc) is 3.45. The quantitative estimate of drug-likeness (QED) is 0.279. The van der Waals surface area contributed by atoms with Crippen LogP contribution in [0.1, 0.15) is 66.8 Å². The average molecular weight is 497 g/mol. The lowest BCUT2D eigenvalue weighted by Gasteiger charge is -2.49. The minimum Gasteiger partial charge on any atom is -0.331 e. The second kappa shape index (κ2) is 9.20. The van der Waals surface area contributed by atoms with Crippen molar-refractivity contribution in [1.29, 1.82) is 0 Å². The first kappa shape index (κ1) is 23.3.